The number of carbonyl (C=O) groups is 2. The fourth-order valence-corrected chi connectivity index (χ4v) is 3.86. The minimum absolute atomic E-state index is 0.0184. The molecule has 2 aromatic carbocycles. The molecule has 0 aliphatic rings. The SMILES string of the molecule is CCCNC(=O)[C@@H](CC)N(Cc1cccc(C)c1)C(=O)CCc1ccc(C(C)(C)C)cc1. The van der Waals surface area contributed by atoms with E-state index in [0.29, 0.717) is 32.4 Å². The Balaban J connectivity index is 2.17. The van der Waals surface area contributed by atoms with Crippen LogP contribution in [-0.4, -0.2) is 29.3 Å². The lowest BCUT2D eigenvalue weighted by atomic mass is 9.86. The number of hydrogen-bond acceptors (Lipinski definition) is 2. The molecule has 2 aromatic rings. The van der Waals surface area contributed by atoms with Crippen molar-refractivity contribution >= 4 is 11.8 Å². The van der Waals surface area contributed by atoms with Gasteiger partial charge in [0.25, 0.3) is 0 Å². The molecule has 0 aromatic heterocycles. The zero-order valence-corrected chi connectivity index (χ0v) is 20.7. The van der Waals surface area contributed by atoms with Gasteiger partial charge in [-0.05, 0) is 48.3 Å². The van der Waals surface area contributed by atoms with Gasteiger partial charge in [-0.2, -0.15) is 0 Å². The Morgan fingerprint density at radius 1 is 1.00 bits per heavy atom. The molecule has 1 N–H and O–H groups in total. The number of amides is 2. The highest BCUT2D eigenvalue weighted by atomic mass is 16.2. The lowest BCUT2D eigenvalue weighted by Crippen LogP contribution is -2.49. The van der Waals surface area contributed by atoms with Crippen LogP contribution in [0.3, 0.4) is 0 Å². The Kier molecular flexibility index (Phi) is 9.49. The fraction of sp³-hybridized carbons (Fsp3) is 0.500. The van der Waals surface area contributed by atoms with Gasteiger partial charge in [-0.1, -0.05) is 88.7 Å². The third-order valence-electron chi connectivity index (χ3n) is 5.82. The Morgan fingerprint density at radius 3 is 2.25 bits per heavy atom. The quantitative estimate of drug-likeness (QED) is 0.530. The topological polar surface area (TPSA) is 49.4 Å². The van der Waals surface area contributed by atoms with Crippen molar-refractivity contribution in [3.63, 3.8) is 0 Å². The molecule has 0 heterocycles. The van der Waals surface area contributed by atoms with E-state index in [1.165, 1.54) is 5.56 Å². The minimum atomic E-state index is -0.460. The molecule has 0 aliphatic heterocycles. The van der Waals surface area contributed by atoms with Gasteiger partial charge >= 0.3 is 0 Å². The average Bonchev–Trinajstić information content (AvgIpc) is 2.75. The van der Waals surface area contributed by atoms with Crippen molar-refractivity contribution in [1.82, 2.24) is 10.2 Å². The molecular weight excluding hydrogens is 396 g/mol. The van der Waals surface area contributed by atoms with E-state index < -0.39 is 6.04 Å². The van der Waals surface area contributed by atoms with Crippen molar-refractivity contribution < 1.29 is 9.59 Å². The average molecular weight is 437 g/mol. The summed E-state index contributed by atoms with van der Waals surface area (Å²) < 4.78 is 0. The van der Waals surface area contributed by atoms with Gasteiger partial charge in [-0.25, -0.2) is 0 Å². The molecule has 0 fully saturated rings. The van der Waals surface area contributed by atoms with Gasteiger partial charge in [-0.3, -0.25) is 9.59 Å². The van der Waals surface area contributed by atoms with Gasteiger partial charge in [0.1, 0.15) is 6.04 Å². The molecule has 0 radical (unpaired) electrons. The van der Waals surface area contributed by atoms with E-state index in [4.69, 9.17) is 0 Å². The zero-order valence-electron chi connectivity index (χ0n) is 20.7. The highest BCUT2D eigenvalue weighted by Gasteiger charge is 2.28. The molecule has 4 nitrogen and oxygen atoms in total. The van der Waals surface area contributed by atoms with Crippen molar-refractivity contribution in [2.75, 3.05) is 6.54 Å². The molecule has 2 rings (SSSR count). The van der Waals surface area contributed by atoms with E-state index in [0.717, 1.165) is 23.1 Å². The Morgan fingerprint density at radius 2 is 1.69 bits per heavy atom. The second-order valence-electron chi connectivity index (χ2n) is 9.67. The second-order valence-corrected chi connectivity index (χ2v) is 9.67. The zero-order chi connectivity index (χ0) is 23.7. The van der Waals surface area contributed by atoms with Crippen LogP contribution in [0, 0.1) is 6.92 Å². The van der Waals surface area contributed by atoms with E-state index in [1.54, 1.807) is 4.90 Å². The first-order valence-corrected chi connectivity index (χ1v) is 11.9. The highest BCUT2D eigenvalue weighted by Crippen LogP contribution is 2.23. The van der Waals surface area contributed by atoms with Crippen LogP contribution >= 0.6 is 0 Å². The summed E-state index contributed by atoms with van der Waals surface area (Å²) in [6, 6.07) is 16.2. The summed E-state index contributed by atoms with van der Waals surface area (Å²) in [5, 5.41) is 2.98. The number of aryl methyl sites for hydroxylation is 2. The molecular formula is C28H40N2O2. The third kappa shape index (κ3) is 7.51. The van der Waals surface area contributed by atoms with Crippen LogP contribution in [0.2, 0.25) is 0 Å². The fourth-order valence-electron chi connectivity index (χ4n) is 3.86. The summed E-state index contributed by atoms with van der Waals surface area (Å²) >= 11 is 0. The van der Waals surface area contributed by atoms with E-state index in [9.17, 15) is 9.59 Å². The summed E-state index contributed by atoms with van der Waals surface area (Å²) in [4.78, 5) is 28.0. The van der Waals surface area contributed by atoms with Crippen molar-refractivity contribution in [2.24, 2.45) is 0 Å². The van der Waals surface area contributed by atoms with Gasteiger partial charge in [0.05, 0.1) is 0 Å². The van der Waals surface area contributed by atoms with Crippen molar-refractivity contribution in [3.05, 3.63) is 70.8 Å². The largest absolute Gasteiger partial charge is 0.354 e. The summed E-state index contributed by atoms with van der Waals surface area (Å²) in [6.45, 7) is 13.7. The van der Waals surface area contributed by atoms with Gasteiger partial charge in [0.2, 0.25) is 11.8 Å². The molecule has 0 saturated carbocycles. The van der Waals surface area contributed by atoms with E-state index in [2.05, 4.69) is 56.4 Å². The van der Waals surface area contributed by atoms with Crippen molar-refractivity contribution in [1.29, 1.82) is 0 Å². The first kappa shape index (κ1) is 25.6. The molecule has 174 valence electrons. The van der Waals surface area contributed by atoms with Crippen LogP contribution in [-0.2, 0) is 28.0 Å². The van der Waals surface area contributed by atoms with Crippen LogP contribution < -0.4 is 5.32 Å². The maximum absolute atomic E-state index is 13.4. The first-order chi connectivity index (χ1) is 15.2. The Labute approximate surface area is 194 Å². The number of rotatable bonds is 10. The van der Waals surface area contributed by atoms with E-state index >= 15 is 0 Å². The molecule has 2 amide bonds. The maximum Gasteiger partial charge on any atom is 0.242 e. The summed E-state index contributed by atoms with van der Waals surface area (Å²) in [5.41, 5.74) is 4.74. The van der Waals surface area contributed by atoms with Gasteiger partial charge in [-0.15, -0.1) is 0 Å². The molecule has 4 heteroatoms. The maximum atomic E-state index is 13.4. The Hall–Kier alpha value is -2.62. The summed E-state index contributed by atoms with van der Waals surface area (Å²) in [6.07, 6.45) is 2.52. The van der Waals surface area contributed by atoms with E-state index in [1.807, 2.05) is 39.0 Å². The molecule has 0 saturated heterocycles. The highest BCUT2D eigenvalue weighted by molar-refractivity contribution is 5.87. The molecule has 0 spiro atoms. The normalized spacial score (nSPS) is 12.3. The molecule has 32 heavy (non-hydrogen) atoms. The van der Waals surface area contributed by atoms with Crippen LogP contribution in [0.4, 0.5) is 0 Å². The standard InChI is InChI=1S/C28H40N2O2/c1-7-18-29-27(32)25(8-2)30(20-23-11-9-10-21(3)19-23)26(31)17-14-22-12-15-24(16-13-22)28(4,5)6/h9-13,15-16,19,25H,7-8,14,17-18,20H2,1-6H3,(H,29,32)/t25-/m1/s1. The lowest BCUT2D eigenvalue weighted by Gasteiger charge is -2.31. The van der Waals surface area contributed by atoms with Gasteiger partial charge < -0.3 is 10.2 Å². The lowest BCUT2D eigenvalue weighted by molar-refractivity contribution is -0.141. The number of benzene rings is 2. The van der Waals surface area contributed by atoms with Crippen LogP contribution in [0.1, 0.15) is 76.1 Å². The number of nitrogens with one attached hydrogen (secondary N) is 1. The predicted molar refractivity (Wildman–Crippen MR) is 133 cm³/mol. The minimum Gasteiger partial charge on any atom is -0.354 e. The van der Waals surface area contributed by atoms with Crippen molar-refractivity contribution in [2.45, 2.75) is 85.2 Å². The number of nitrogens with zero attached hydrogens (tertiary/aromatic N) is 1. The number of hydrogen-bond donors (Lipinski definition) is 1. The second kappa shape index (κ2) is 11.8. The van der Waals surface area contributed by atoms with Gasteiger partial charge in [0, 0.05) is 19.5 Å². The molecule has 1 atom stereocenters. The molecule has 0 aliphatic carbocycles. The van der Waals surface area contributed by atoms with E-state index in [-0.39, 0.29) is 17.2 Å². The van der Waals surface area contributed by atoms with Crippen LogP contribution in [0.15, 0.2) is 48.5 Å². The smallest absolute Gasteiger partial charge is 0.242 e. The summed E-state index contributed by atoms with van der Waals surface area (Å²) in [7, 11) is 0. The van der Waals surface area contributed by atoms with Crippen molar-refractivity contribution in [3.8, 4) is 0 Å². The molecule has 0 unspecified atom stereocenters. The first-order valence-electron chi connectivity index (χ1n) is 11.9. The van der Waals surface area contributed by atoms with Crippen LogP contribution in [0.25, 0.3) is 0 Å². The molecule has 0 bridgehead atoms. The van der Waals surface area contributed by atoms with Crippen LogP contribution in [0.5, 0.6) is 0 Å². The van der Waals surface area contributed by atoms with Gasteiger partial charge in [0.15, 0.2) is 0 Å². The third-order valence-corrected chi connectivity index (χ3v) is 5.82. The summed E-state index contributed by atoms with van der Waals surface area (Å²) in [5.74, 6) is -0.0465. The Bertz CT molecular complexity index is 881. The predicted octanol–water partition coefficient (Wildman–Crippen LogP) is 5.56. The number of carbonyl (C=O) groups excluding carboxylic acids is 2. The monoisotopic (exact) mass is 436 g/mol.